The molecule has 0 fully saturated rings. The number of nitrogens with two attached hydrogens (primary N) is 1. The average molecular weight is 830 g/mol. The Morgan fingerprint density at radius 1 is 0.603 bits per heavy atom. The quantitative estimate of drug-likeness (QED) is 0.0180. The second-order valence-corrected chi connectivity index (χ2v) is 15.2. The molecule has 3 atom stereocenters. The second-order valence-electron chi connectivity index (χ2n) is 13.7. The van der Waals surface area contributed by atoms with E-state index in [9.17, 15) is 24.2 Å². The zero-order valence-electron chi connectivity index (χ0n) is 35.6. The SMILES string of the molecule is CCCCC/C=C\C/C=C\C/C=C\C=C\[C@H](O)CCCC(=O)O[C@H](COC(=O)CC/C=C\C/C=C\C/C=C\C/C=C\C/C=C\CCCCC)COP(=O)(O)OCCN. The molecule has 0 aromatic rings. The van der Waals surface area contributed by atoms with Crippen LogP contribution in [-0.4, -0.2) is 60.5 Å². The van der Waals surface area contributed by atoms with Gasteiger partial charge in [0, 0.05) is 19.4 Å². The third kappa shape index (κ3) is 40.8. The molecule has 0 bridgehead atoms. The monoisotopic (exact) mass is 830 g/mol. The summed E-state index contributed by atoms with van der Waals surface area (Å²) in [6, 6.07) is 0. The molecule has 328 valence electrons. The van der Waals surface area contributed by atoms with Crippen molar-refractivity contribution in [2.24, 2.45) is 5.73 Å². The Balaban J connectivity index is 4.51. The largest absolute Gasteiger partial charge is 0.472 e. The van der Waals surface area contributed by atoms with Crippen molar-refractivity contribution in [3.05, 3.63) is 109 Å². The van der Waals surface area contributed by atoms with Crippen LogP contribution >= 0.6 is 7.82 Å². The van der Waals surface area contributed by atoms with Gasteiger partial charge in [0.25, 0.3) is 0 Å². The fourth-order valence-corrected chi connectivity index (χ4v) is 5.78. The van der Waals surface area contributed by atoms with Gasteiger partial charge in [-0.15, -0.1) is 0 Å². The molecule has 0 aliphatic heterocycles. The first-order valence-electron chi connectivity index (χ1n) is 21.5. The number of unbranched alkanes of at least 4 members (excludes halogenated alkanes) is 6. The Labute approximate surface area is 351 Å². The summed E-state index contributed by atoms with van der Waals surface area (Å²) in [6.45, 7) is 3.33. The van der Waals surface area contributed by atoms with E-state index >= 15 is 0 Å². The maximum Gasteiger partial charge on any atom is 0.472 e. The van der Waals surface area contributed by atoms with Gasteiger partial charge >= 0.3 is 19.8 Å². The number of allylic oxidation sites excluding steroid dienone is 17. The molecular formula is C47H76NO9P. The van der Waals surface area contributed by atoms with Crippen molar-refractivity contribution < 1.29 is 42.7 Å². The van der Waals surface area contributed by atoms with Gasteiger partial charge in [-0.3, -0.25) is 18.6 Å². The van der Waals surface area contributed by atoms with Crippen LogP contribution in [0.25, 0.3) is 0 Å². The van der Waals surface area contributed by atoms with E-state index in [1.807, 2.05) is 24.3 Å². The van der Waals surface area contributed by atoms with Gasteiger partial charge in [-0.2, -0.15) is 0 Å². The Kier molecular flexibility index (Phi) is 39.4. The first kappa shape index (κ1) is 54.6. The standard InChI is InChI=1S/C47H76NO9P/c1-3-5-7-9-11-13-15-17-18-19-20-21-22-24-26-28-30-32-34-38-46(50)54-42-45(43-56-58(52,53)55-41-40-48)57-47(51)39-35-37-44(49)36-33-31-29-27-25-23-16-14-12-10-8-6-4-2/h11-14,17-18,20-21,23-26,29-33,36,44-45,49H,3-10,15-16,19,22,27-28,34-35,37-43,48H2,1-2H3,(H,52,53)/b13-11-,14-12-,18-17-,21-20-,25-23-,26-24-,31-29-,32-30-,36-33+/t44-,45+/m0/s1. The number of aliphatic hydroxyl groups excluding tert-OH is 1. The van der Waals surface area contributed by atoms with Crippen LogP contribution in [0.5, 0.6) is 0 Å². The zero-order valence-corrected chi connectivity index (χ0v) is 36.5. The van der Waals surface area contributed by atoms with Crippen LogP contribution in [0.1, 0.15) is 136 Å². The Morgan fingerprint density at radius 2 is 1.10 bits per heavy atom. The first-order valence-corrected chi connectivity index (χ1v) is 23.0. The van der Waals surface area contributed by atoms with Gasteiger partial charge < -0.3 is 25.2 Å². The number of aliphatic hydroxyl groups is 1. The van der Waals surface area contributed by atoms with Gasteiger partial charge in [-0.25, -0.2) is 4.57 Å². The van der Waals surface area contributed by atoms with E-state index in [1.54, 1.807) is 12.2 Å². The normalized spacial score (nSPS) is 14.9. The molecule has 0 aliphatic rings. The summed E-state index contributed by atoms with van der Waals surface area (Å²) in [7, 11) is -4.46. The van der Waals surface area contributed by atoms with Crippen molar-refractivity contribution in [1.29, 1.82) is 0 Å². The first-order chi connectivity index (χ1) is 28.2. The van der Waals surface area contributed by atoms with E-state index in [2.05, 4.69) is 86.8 Å². The van der Waals surface area contributed by atoms with Gasteiger partial charge in [0.2, 0.25) is 0 Å². The predicted octanol–water partition coefficient (Wildman–Crippen LogP) is 11.4. The Morgan fingerprint density at radius 3 is 1.62 bits per heavy atom. The Hall–Kier alpha value is -3.37. The van der Waals surface area contributed by atoms with Crippen LogP contribution in [0.3, 0.4) is 0 Å². The number of ether oxygens (including phenoxy) is 2. The average Bonchev–Trinajstić information content (AvgIpc) is 3.20. The molecule has 0 saturated carbocycles. The lowest BCUT2D eigenvalue weighted by Gasteiger charge is -2.20. The van der Waals surface area contributed by atoms with Crippen molar-refractivity contribution in [1.82, 2.24) is 0 Å². The number of rotatable bonds is 38. The molecule has 0 saturated heterocycles. The predicted molar refractivity (Wildman–Crippen MR) is 239 cm³/mol. The number of hydrogen-bond acceptors (Lipinski definition) is 9. The molecule has 0 aromatic carbocycles. The summed E-state index contributed by atoms with van der Waals surface area (Å²) in [5.41, 5.74) is 5.33. The molecule has 0 heterocycles. The third-order valence-corrected chi connectivity index (χ3v) is 9.23. The molecule has 0 radical (unpaired) electrons. The molecular weight excluding hydrogens is 753 g/mol. The highest BCUT2D eigenvalue weighted by Crippen LogP contribution is 2.43. The zero-order chi connectivity index (χ0) is 42.6. The van der Waals surface area contributed by atoms with Crippen LogP contribution in [0, 0.1) is 0 Å². The molecule has 0 aliphatic carbocycles. The highest BCUT2D eigenvalue weighted by atomic mass is 31.2. The number of phosphoric acid groups is 1. The summed E-state index contributed by atoms with van der Waals surface area (Å²) in [4.78, 5) is 34.8. The summed E-state index contributed by atoms with van der Waals surface area (Å²) < 4.78 is 32.5. The topological polar surface area (TPSA) is 155 Å². The van der Waals surface area contributed by atoms with E-state index in [-0.39, 0.29) is 32.6 Å². The minimum absolute atomic E-state index is 0.00792. The van der Waals surface area contributed by atoms with E-state index in [1.165, 1.54) is 44.9 Å². The van der Waals surface area contributed by atoms with Crippen LogP contribution in [0.4, 0.5) is 0 Å². The van der Waals surface area contributed by atoms with Crippen molar-refractivity contribution in [2.45, 2.75) is 148 Å². The van der Waals surface area contributed by atoms with Crippen molar-refractivity contribution in [2.75, 3.05) is 26.4 Å². The maximum absolute atomic E-state index is 12.6. The molecule has 0 spiro atoms. The molecule has 10 nitrogen and oxygen atoms in total. The molecule has 1 unspecified atom stereocenters. The van der Waals surface area contributed by atoms with E-state index < -0.39 is 38.6 Å². The van der Waals surface area contributed by atoms with Crippen molar-refractivity contribution in [3.63, 3.8) is 0 Å². The number of phosphoric ester groups is 1. The van der Waals surface area contributed by atoms with Gasteiger partial charge in [0.15, 0.2) is 6.10 Å². The minimum atomic E-state index is -4.46. The van der Waals surface area contributed by atoms with Gasteiger partial charge in [-0.05, 0) is 83.5 Å². The molecule has 0 rings (SSSR count). The molecule has 0 aromatic heterocycles. The Bertz CT molecular complexity index is 1330. The lowest BCUT2D eigenvalue weighted by Crippen LogP contribution is -2.29. The lowest BCUT2D eigenvalue weighted by molar-refractivity contribution is -0.161. The molecule has 4 N–H and O–H groups in total. The summed E-state index contributed by atoms with van der Waals surface area (Å²) in [5, 5.41) is 10.3. The van der Waals surface area contributed by atoms with Crippen molar-refractivity contribution in [3.8, 4) is 0 Å². The molecule has 11 heteroatoms. The lowest BCUT2D eigenvalue weighted by atomic mass is 10.1. The van der Waals surface area contributed by atoms with Gasteiger partial charge in [0.1, 0.15) is 6.61 Å². The molecule has 58 heavy (non-hydrogen) atoms. The minimum Gasteiger partial charge on any atom is -0.462 e. The fourth-order valence-electron chi connectivity index (χ4n) is 5.01. The van der Waals surface area contributed by atoms with Crippen LogP contribution < -0.4 is 5.73 Å². The smallest absolute Gasteiger partial charge is 0.462 e. The highest BCUT2D eigenvalue weighted by Gasteiger charge is 2.26. The maximum atomic E-state index is 12.6. The summed E-state index contributed by atoms with van der Waals surface area (Å²) in [5.74, 6) is -1.14. The van der Waals surface area contributed by atoms with Crippen LogP contribution in [0.15, 0.2) is 109 Å². The number of carbonyl (C=O) groups is 2. The van der Waals surface area contributed by atoms with Crippen LogP contribution in [0.2, 0.25) is 0 Å². The molecule has 0 amide bonds. The fraction of sp³-hybridized carbons (Fsp3) is 0.574. The highest BCUT2D eigenvalue weighted by molar-refractivity contribution is 7.47. The number of esters is 2. The third-order valence-electron chi connectivity index (χ3n) is 8.25. The second kappa shape index (κ2) is 41.8. The number of hydrogen-bond donors (Lipinski definition) is 3. The summed E-state index contributed by atoms with van der Waals surface area (Å²) in [6.07, 6.45) is 51.6. The number of carbonyl (C=O) groups excluding carboxylic acids is 2. The van der Waals surface area contributed by atoms with Gasteiger partial charge in [0.05, 0.1) is 19.3 Å². The van der Waals surface area contributed by atoms with E-state index in [0.717, 1.165) is 44.9 Å². The summed E-state index contributed by atoms with van der Waals surface area (Å²) >= 11 is 0. The van der Waals surface area contributed by atoms with E-state index in [0.29, 0.717) is 19.3 Å². The van der Waals surface area contributed by atoms with Crippen LogP contribution in [-0.2, 0) is 32.7 Å². The van der Waals surface area contributed by atoms with E-state index in [4.69, 9.17) is 24.3 Å². The van der Waals surface area contributed by atoms with Crippen molar-refractivity contribution >= 4 is 19.8 Å². The van der Waals surface area contributed by atoms with Gasteiger partial charge in [-0.1, -0.05) is 149 Å².